The number of piperidine rings is 2. The molecule has 3 aliphatic heterocycles. The van der Waals surface area contributed by atoms with Gasteiger partial charge in [0.2, 0.25) is 5.91 Å². The molecule has 3 fully saturated rings. The molecule has 1 aromatic carbocycles. The molecule has 25 heavy (non-hydrogen) atoms. The molecule has 2 atom stereocenters. The van der Waals surface area contributed by atoms with Gasteiger partial charge in [-0.3, -0.25) is 9.59 Å². The van der Waals surface area contributed by atoms with E-state index in [-0.39, 0.29) is 11.8 Å². The van der Waals surface area contributed by atoms with Gasteiger partial charge in [-0.25, -0.2) is 0 Å². The Morgan fingerprint density at radius 1 is 1.24 bits per heavy atom. The van der Waals surface area contributed by atoms with E-state index in [0.29, 0.717) is 24.8 Å². The highest BCUT2D eigenvalue weighted by molar-refractivity contribution is 5.96. The second kappa shape index (κ2) is 6.79. The van der Waals surface area contributed by atoms with E-state index < -0.39 is 0 Å². The molecule has 0 saturated carbocycles. The fraction of sp³-hybridized carbons (Fsp3) is 0.600. The van der Waals surface area contributed by atoms with Crippen molar-refractivity contribution in [3.8, 4) is 0 Å². The van der Waals surface area contributed by atoms with Crippen molar-refractivity contribution in [2.75, 3.05) is 32.7 Å². The molecule has 5 heteroatoms. The SMILES string of the molecule is Cc1ccc(CN2CCCC2=O)cc1C(=O)N1CC2CNCC(C2)C1. The first-order valence-corrected chi connectivity index (χ1v) is 9.47. The fourth-order valence-corrected chi connectivity index (χ4v) is 4.53. The van der Waals surface area contributed by atoms with E-state index >= 15 is 0 Å². The Labute approximate surface area is 149 Å². The van der Waals surface area contributed by atoms with Crippen LogP contribution in [0.1, 0.15) is 40.7 Å². The summed E-state index contributed by atoms with van der Waals surface area (Å²) in [5, 5.41) is 3.48. The third kappa shape index (κ3) is 3.43. The van der Waals surface area contributed by atoms with E-state index in [4.69, 9.17) is 0 Å². The van der Waals surface area contributed by atoms with Gasteiger partial charge >= 0.3 is 0 Å². The Balaban J connectivity index is 1.51. The molecular weight excluding hydrogens is 314 g/mol. The number of hydrogen-bond donors (Lipinski definition) is 1. The zero-order chi connectivity index (χ0) is 17.4. The lowest BCUT2D eigenvalue weighted by Crippen LogP contribution is -2.52. The van der Waals surface area contributed by atoms with Crippen LogP contribution in [0.15, 0.2) is 18.2 Å². The summed E-state index contributed by atoms with van der Waals surface area (Å²) in [6, 6.07) is 6.08. The summed E-state index contributed by atoms with van der Waals surface area (Å²) in [5.41, 5.74) is 2.88. The Morgan fingerprint density at radius 2 is 2.00 bits per heavy atom. The molecule has 0 radical (unpaired) electrons. The topological polar surface area (TPSA) is 52.7 Å². The minimum atomic E-state index is 0.156. The van der Waals surface area contributed by atoms with Gasteiger partial charge in [-0.15, -0.1) is 0 Å². The Bertz CT molecular complexity index is 676. The quantitative estimate of drug-likeness (QED) is 0.912. The Morgan fingerprint density at radius 3 is 2.68 bits per heavy atom. The van der Waals surface area contributed by atoms with Gasteiger partial charge in [0, 0.05) is 38.2 Å². The smallest absolute Gasteiger partial charge is 0.254 e. The van der Waals surface area contributed by atoms with Crippen LogP contribution in [0.5, 0.6) is 0 Å². The molecule has 3 heterocycles. The first-order chi connectivity index (χ1) is 12.1. The number of rotatable bonds is 3. The lowest BCUT2D eigenvalue weighted by atomic mass is 9.85. The standard InChI is InChI=1S/C20H27N3O2/c1-14-4-5-15(11-22-6-2-3-19(22)24)8-18(14)20(25)23-12-16-7-17(13-23)10-21-9-16/h4-5,8,16-17,21H,2-3,6-7,9-13H2,1H3. The maximum absolute atomic E-state index is 13.1. The molecule has 1 aromatic rings. The number of carbonyl (C=O) groups is 2. The van der Waals surface area contributed by atoms with E-state index in [1.165, 1.54) is 6.42 Å². The van der Waals surface area contributed by atoms with Gasteiger partial charge in [0.25, 0.3) is 5.91 Å². The second-order valence-electron chi connectivity index (χ2n) is 7.90. The predicted molar refractivity (Wildman–Crippen MR) is 96.2 cm³/mol. The molecule has 2 bridgehead atoms. The van der Waals surface area contributed by atoms with Gasteiger partial charge < -0.3 is 15.1 Å². The Kier molecular flexibility index (Phi) is 4.50. The summed E-state index contributed by atoms with van der Waals surface area (Å²) in [4.78, 5) is 28.9. The highest BCUT2D eigenvalue weighted by atomic mass is 16.2. The average molecular weight is 341 g/mol. The van der Waals surface area contributed by atoms with Crippen molar-refractivity contribution >= 4 is 11.8 Å². The molecule has 0 spiro atoms. The monoisotopic (exact) mass is 341 g/mol. The van der Waals surface area contributed by atoms with Crippen LogP contribution in [0.2, 0.25) is 0 Å². The third-order valence-electron chi connectivity index (χ3n) is 5.85. The number of hydrogen-bond acceptors (Lipinski definition) is 3. The van der Waals surface area contributed by atoms with Crippen molar-refractivity contribution in [3.05, 3.63) is 34.9 Å². The summed E-state index contributed by atoms with van der Waals surface area (Å²) in [5.74, 6) is 1.55. The van der Waals surface area contributed by atoms with Crippen LogP contribution in [-0.4, -0.2) is 54.3 Å². The van der Waals surface area contributed by atoms with Gasteiger partial charge in [0.15, 0.2) is 0 Å². The second-order valence-corrected chi connectivity index (χ2v) is 7.90. The van der Waals surface area contributed by atoms with E-state index in [0.717, 1.165) is 55.8 Å². The minimum Gasteiger partial charge on any atom is -0.338 e. The fourth-order valence-electron chi connectivity index (χ4n) is 4.53. The molecule has 1 N–H and O–H groups in total. The number of benzene rings is 1. The van der Waals surface area contributed by atoms with Gasteiger partial charge in [-0.05, 0) is 61.9 Å². The van der Waals surface area contributed by atoms with Crippen LogP contribution in [0.3, 0.4) is 0 Å². The van der Waals surface area contributed by atoms with E-state index in [2.05, 4.69) is 5.32 Å². The number of nitrogens with one attached hydrogen (secondary N) is 1. The van der Waals surface area contributed by atoms with Crippen LogP contribution in [0, 0.1) is 18.8 Å². The molecule has 3 aliphatic rings. The summed E-state index contributed by atoms with van der Waals surface area (Å²) in [6.45, 7) is 7.22. The normalized spacial score (nSPS) is 26.2. The molecule has 4 rings (SSSR count). The highest BCUT2D eigenvalue weighted by Gasteiger charge is 2.33. The maximum atomic E-state index is 13.1. The number of aryl methyl sites for hydroxylation is 1. The molecule has 2 unspecified atom stereocenters. The molecule has 2 amide bonds. The zero-order valence-corrected chi connectivity index (χ0v) is 15.0. The van der Waals surface area contributed by atoms with Crippen LogP contribution >= 0.6 is 0 Å². The molecule has 3 saturated heterocycles. The Hall–Kier alpha value is -1.88. The highest BCUT2D eigenvalue weighted by Crippen LogP contribution is 2.26. The summed E-state index contributed by atoms with van der Waals surface area (Å²) in [6.07, 6.45) is 2.84. The van der Waals surface area contributed by atoms with Crippen molar-refractivity contribution < 1.29 is 9.59 Å². The van der Waals surface area contributed by atoms with Gasteiger partial charge in [-0.2, -0.15) is 0 Å². The van der Waals surface area contributed by atoms with Crippen molar-refractivity contribution in [2.24, 2.45) is 11.8 Å². The lowest BCUT2D eigenvalue weighted by Gasteiger charge is -2.41. The average Bonchev–Trinajstić information content (AvgIpc) is 3.00. The summed E-state index contributed by atoms with van der Waals surface area (Å²) < 4.78 is 0. The van der Waals surface area contributed by atoms with Gasteiger partial charge in [0.1, 0.15) is 0 Å². The van der Waals surface area contributed by atoms with Crippen LogP contribution < -0.4 is 5.32 Å². The first-order valence-electron chi connectivity index (χ1n) is 9.47. The van der Waals surface area contributed by atoms with Gasteiger partial charge in [0.05, 0.1) is 0 Å². The number of fused-ring (bicyclic) bond motifs is 2. The third-order valence-corrected chi connectivity index (χ3v) is 5.85. The van der Waals surface area contributed by atoms with E-state index in [1.54, 1.807) is 0 Å². The van der Waals surface area contributed by atoms with Crippen LogP contribution in [-0.2, 0) is 11.3 Å². The molecule has 0 aromatic heterocycles. The van der Waals surface area contributed by atoms with E-state index in [9.17, 15) is 9.59 Å². The zero-order valence-electron chi connectivity index (χ0n) is 15.0. The molecule has 134 valence electrons. The maximum Gasteiger partial charge on any atom is 0.254 e. The first kappa shape index (κ1) is 16.6. The summed E-state index contributed by atoms with van der Waals surface area (Å²) in [7, 11) is 0. The minimum absolute atomic E-state index is 0.156. The number of amides is 2. The number of nitrogens with zero attached hydrogens (tertiary/aromatic N) is 2. The van der Waals surface area contributed by atoms with Crippen molar-refractivity contribution in [3.63, 3.8) is 0 Å². The molecular formula is C20H27N3O2. The van der Waals surface area contributed by atoms with Crippen molar-refractivity contribution in [2.45, 2.75) is 32.7 Å². The molecule has 0 aliphatic carbocycles. The van der Waals surface area contributed by atoms with Crippen molar-refractivity contribution in [1.29, 1.82) is 0 Å². The molecule has 5 nitrogen and oxygen atoms in total. The van der Waals surface area contributed by atoms with Crippen LogP contribution in [0.4, 0.5) is 0 Å². The van der Waals surface area contributed by atoms with Gasteiger partial charge in [-0.1, -0.05) is 12.1 Å². The number of carbonyl (C=O) groups excluding carboxylic acids is 2. The lowest BCUT2D eigenvalue weighted by molar-refractivity contribution is -0.128. The number of likely N-dealkylation sites (tertiary alicyclic amines) is 2. The van der Waals surface area contributed by atoms with E-state index in [1.807, 2.05) is 34.9 Å². The summed E-state index contributed by atoms with van der Waals surface area (Å²) >= 11 is 0. The van der Waals surface area contributed by atoms with Crippen molar-refractivity contribution in [1.82, 2.24) is 15.1 Å². The predicted octanol–water partition coefficient (Wildman–Crippen LogP) is 1.80. The largest absolute Gasteiger partial charge is 0.338 e. The van der Waals surface area contributed by atoms with Crippen LogP contribution in [0.25, 0.3) is 0 Å².